The van der Waals surface area contributed by atoms with Crippen molar-refractivity contribution in [2.75, 3.05) is 59.1 Å². The molecule has 3 aliphatic rings. The summed E-state index contributed by atoms with van der Waals surface area (Å²) in [5.41, 5.74) is -2.50. The number of benzene rings is 3. The SMILES string of the molecule is O=C(CO[C@H]1Cc2ccccc2C12CCN(CC[C@@]1(c3ccc(Cl)c(Cl)c3)CN(C(=O)c3cc(C(F)(F)F)cc(C(F)(F)F)c3)CCO1)CC2)NCCCO. The molecule has 55 heavy (non-hydrogen) atoms. The molecule has 2 saturated heterocycles. The number of nitrogens with one attached hydrogen (secondary N) is 1. The summed E-state index contributed by atoms with van der Waals surface area (Å²) in [4.78, 5) is 29.7. The van der Waals surface area contributed by atoms with Crippen molar-refractivity contribution in [1.82, 2.24) is 15.1 Å². The summed E-state index contributed by atoms with van der Waals surface area (Å²) in [5.74, 6) is -1.24. The first-order valence-electron chi connectivity index (χ1n) is 18.0. The summed E-state index contributed by atoms with van der Waals surface area (Å²) in [6.07, 6.45) is -7.58. The van der Waals surface area contributed by atoms with Crippen LogP contribution in [-0.4, -0.2) is 91.9 Å². The van der Waals surface area contributed by atoms with Crippen LogP contribution in [0.25, 0.3) is 0 Å². The minimum Gasteiger partial charge on any atom is -0.396 e. The number of carbonyl (C=O) groups is 2. The zero-order chi connectivity index (χ0) is 39.6. The van der Waals surface area contributed by atoms with Crippen molar-refractivity contribution < 1.29 is 50.5 Å². The van der Waals surface area contributed by atoms with Gasteiger partial charge in [0.15, 0.2) is 0 Å². The molecule has 0 bridgehead atoms. The first-order chi connectivity index (χ1) is 26.0. The van der Waals surface area contributed by atoms with Crippen LogP contribution in [0.3, 0.4) is 0 Å². The number of hydrogen-bond donors (Lipinski definition) is 2. The molecule has 3 aromatic carbocycles. The zero-order valence-corrected chi connectivity index (χ0v) is 31.3. The van der Waals surface area contributed by atoms with E-state index in [0.29, 0.717) is 63.1 Å². The van der Waals surface area contributed by atoms with Crippen LogP contribution < -0.4 is 5.32 Å². The smallest absolute Gasteiger partial charge is 0.396 e. The monoisotopic (exact) mass is 815 g/mol. The number of nitrogens with zero attached hydrogens (tertiary/aromatic N) is 2. The summed E-state index contributed by atoms with van der Waals surface area (Å²) in [6, 6.07) is 13.9. The Bertz CT molecular complexity index is 1840. The van der Waals surface area contributed by atoms with E-state index in [4.69, 9.17) is 37.8 Å². The van der Waals surface area contributed by atoms with Crippen LogP contribution in [0.4, 0.5) is 26.3 Å². The molecule has 0 radical (unpaired) electrons. The second-order valence-electron chi connectivity index (χ2n) is 14.3. The van der Waals surface area contributed by atoms with Crippen molar-refractivity contribution in [3.05, 3.63) is 104 Å². The zero-order valence-electron chi connectivity index (χ0n) is 29.7. The fraction of sp³-hybridized carbons (Fsp3) is 0.487. The third-order valence-corrected chi connectivity index (χ3v) is 11.7. The number of halogens is 8. The van der Waals surface area contributed by atoms with Gasteiger partial charge in [-0.05, 0) is 92.2 Å². The molecule has 3 aromatic rings. The van der Waals surface area contributed by atoms with E-state index in [0.717, 1.165) is 12.8 Å². The predicted molar refractivity (Wildman–Crippen MR) is 193 cm³/mol. The molecule has 2 N–H and O–H groups in total. The molecule has 298 valence electrons. The van der Waals surface area contributed by atoms with E-state index in [1.54, 1.807) is 18.2 Å². The third kappa shape index (κ3) is 9.10. The highest BCUT2D eigenvalue weighted by atomic mass is 35.5. The van der Waals surface area contributed by atoms with Crippen molar-refractivity contribution in [2.24, 2.45) is 0 Å². The van der Waals surface area contributed by atoms with Crippen molar-refractivity contribution in [3.8, 4) is 0 Å². The maximum Gasteiger partial charge on any atom is 0.416 e. The Kier molecular flexibility index (Phi) is 12.4. The number of piperidine rings is 1. The molecule has 0 unspecified atom stereocenters. The van der Waals surface area contributed by atoms with Gasteiger partial charge in [-0.1, -0.05) is 53.5 Å². The van der Waals surface area contributed by atoms with E-state index in [1.165, 1.54) is 16.0 Å². The molecule has 6 rings (SSSR count). The minimum absolute atomic E-state index is 0.00486. The lowest BCUT2D eigenvalue weighted by atomic mass is 9.72. The van der Waals surface area contributed by atoms with Gasteiger partial charge >= 0.3 is 12.4 Å². The second kappa shape index (κ2) is 16.6. The van der Waals surface area contributed by atoms with Crippen LogP contribution >= 0.6 is 23.2 Å². The number of fused-ring (bicyclic) bond motifs is 2. The Morgan fingerprint density at radius 1 is 0.927 bits per heavy atom. The van der Waals surface area contributed by atoms with Gasteiger partial charge in [-0.15, -0.1) is 0 Å². The van der Waals surface area contributed by atoms with Gasteiger partial charge < -0.3 is 29.7 Å². The van der Waals surface area contributed by atoms with Crippen LogP contribution in [0.1, 0.15) is 63.9 Å². The molecule has 16 heteroatoms. The normalized spacial score (nSPS) is 21.5. The molecule has 1 aliphatic carbocycles. The van der Waals surface area contributed by atoms with Crippen LogP contribution in [0.15, 0.2) is 60.7 Å². The Hall–Kier alpha value is -3.40. The summed E-state index contributed by atoms with van der Waals surface area (Å²) < 4.78 is 94.7. The molecule has 2 aliphatic heterocycles. The van der Waals surface area contributed by atoms with Crippen LogP contribution in [0.2, 0.25) is 10.0 Å². The number of rotatable bonds is 11. The van der Waals surface area contributed by atoms with Crippen LogP contribution in [0, 0.1) is 0 Å². The van der Waals surface area contributed by atoms with Gasteiger partial charge in [-0.2, -0.15) is 26.3 Å². The summed E-state index contributed by atoms with van der Waals surface area (Å²) in [5, 5.41) is 12.3. The average Bonchev–Trinajstić information content (AvgIpc) is 3.46. The highest BCUT2D eigenvalue weighted by molar-refractivity contribution is 6.42. The Balaban J connectivity index is 1.21. The lowest BCUT2D eigenvalue weighted by Gasteiger charge is -2.46. The molecule has 2 heterocycles. The van der Waals surface area contributed by atoms with Gasteiger partial charge in [0, 0.05) is 37.2 Å². The number of alkyl halides is 6. The molecule has 2 atom stereocenters. The summed E-state index contributed by atoms with van der Waals surface area (Å²) in [6.45, 7) is 1.74. The van der Waals surface area contributed by atoms with Crippen molar-refractivity contribution in [1.29, 1.82) is 0 Å². The lowest BCUT2D eigenvalue weighted by molar-refractivity contribution is -0.143. The number of aliphatic hydroxyl groups is 1. The highest BCUT2D eigenvalue weighted by Gasteiger charge is 2.50. The Morgan fingerprint density at radius 3 is 2.27 bits per heavy atom. The molecule has 0 aromatic heterocycles. The number of carbonyl (C=O) groups excluding carboxylic acids is 2. The van der Waals surface area contributed by atoms with Gasteiger partial charge in [0.25, 0.3) is 5.91 Å². The van der Waals surface area contributed by atoms with E-state index in [9.17, 15) is 35.9 Å². The number of ether oxygens (including phenoxy) is 2. The first kappa shape index (κ1) is 41.2. The van der Waals surface area contributed by atoms with E-state index in [1.807, 2.05) is 12.1 Å². The van der Waals surface area contributed by atoms with Gasteiger partial charge in [0.2, 0.25) is 5.91 Å². The average molecular weight is 817 g/mol. The highest BCUT2D eigenvalue weighted by Crippen LogP contribution is 2.48. The van der Waals surface area contributed by atoms with E-state index < -0.39 is 40.6 Å². The molecule has 8 nitrogen and oxygen atoms in total. The maximum absolute atomic E-state index is 13.8. The fourth-order valence-corrected chi connectivity index (χ4v) is 8.38. The second-order valence-corrected chi connectivity index (χ2v) is 15.1. The molecule has 0 saturated carbocycles. The Morgan fingerprint density at radius 2 is 1.62 bits per heavy atom. The molecular weight excluding hydrogens is 775 g/mol. The van der Waals surface area contributed by atoms with E-state index in [-0.39, 0.29) is 66.4 Å². The summed E-state index contributed by atoms with van der Waals surface area (Å²) in [7, 11) is 0. The number of likely N-dealkylation sites (tertiary alicyclic amines) is 1. The maximum atomic E-state index is 13.8. The number of hydrogen-bond acceptors (Lipinski definition) is 6. The van der Waals surface area contributed by atoms with E-state index in [2.05, 4.69) is 22.3 Å². The largest absolute Gasteiger partial charge is 0.416 e. The molecule has 2 amide bonds. The van der Waals surface area contributed by atoms with Crippen LogP contribution in [0.5, 0.6) is 0 Å². The minimum atomic E-state index is -5.11. The number of aliphatic hydroxyl groups excluding tert-OH is 1. The summed E-state index contributed by atoms with van der Waals surface area (Å²) >= 11 is 12.7. The van der Waals surface area contributed by atoms with Gasteiger partial charge in [-0.25, -0.2) is 0 Å². The molecular formula is C39H41Cl2F6N3O5. The molecule has 2 fully saturated rings. The van der Waals surface area contributed by atoms with Crippen LogP contribution in [-0.2, 0) is 44.1 Å². The van der Waals surface area contributed by atoms with Crippen molar-refractivity contribution in [3.63, 3.8) is 0 Å². The Labute approximate surface area is 324 Å². The quantitative estimate of drug-likeness (QED) is 0.157. The predicted octanol–water partition coefficient (Wildman–Crippen LogP) is 7.26. The van der Waals surface area contributed by atoms with Crippen molar-refractivity contribution >= 4 is 35.0 Å². The number of amides is 2. The lowest BCUT2D eigenvalue weighted by Crippen LogP contribution is -2.54. The van der Waals surface area contributed by atoms with E-state index >= 15 is 0 Å². The van der Waals surface area contributed by atoms with Gasteiger partial charge in [-0.3, -0.25) is 9.59 Å². The van der Waals surface area contributed by atoms with Crippen molar-refractivity contribution in [2.45, 2.75) is 61.6 Å². The topological polar surface area (TPSA) is 91.3 Å². The van der Waals surface area contributed by atoms with Gasteiger partial charge in [0.1, 0.15) is 12.2 Å². The number of morpholine rings is 1. The standard InChI is InChI=1S/C39H41Cl2F6N3O5/c40-31-7-6-27(22-32(31)41)37(24-50(15-17-55-37)35(53)26-18-28(38(42,43)44)21-29(19-26)39(45,46)47)10-14-49-12-8-36(9-13-49)30-5-2-1-4-25(30)20-33(36)54-23-34(52)48-11-3-16-51/h1-2,4-7,18-19,21-22,33,51H,3,8-17,20,23-24H2,(H,48,52)/t33-,37-/m0/s1. The third-order valence-electron chi connectivity index (χ3n) is 11.0. The first-order valence-corrected chi connectivity index (χ1v) is 18.8. The fourth-order valence-electron chi connectivity index (χ4n) is 8.08. The molecule has 1 spiro atoms. The van der Waals surface area contributed by atoms with Gasteiger partial charge in [0.05, 0.1) is 40.4 Å².